The molecule has 0 heterocycles. The van der Waals surface area contributed by atoms with Crippen LogP contribution in [0.5, 0.6) is 0 Å². The minimum absolute atomic E-state index is 0.216. The third kappa shape index (κ3) is 6.14. The Kier molecular flexibility index (Phi) is 7.19. The maximum absolute atomic E-state index is 11.9. The molecule has 6 nitrogen and oxygen atoms in total. The number of aryl methyl sites for hydroxylation is 1. The van der Waals surface area contributed by atoms with Gasteiger partial charge in [-0.05, 0) is 30.2 Å². The predicted octanol–water partition coefficient (Wildman–Crippen LogP) is 0.452. The zero-order valence-electron chi connectivity index (χ0n) is 12.3. The molecule has 1 aromatic carbocycles. The quantitative estimate of drug-likeness (QED) is 0.503. The molecule has 116 valence electrons. The van der Waals surface area contributed by atoms with Crippen LogP contribution in [-0.2, 0) is 21.4 Å². The van der Waals surface area contributed by atoms with Gasteiger partial charge in [-0.1, -0.05) is 18.8 Å². The molecule has 1 rings (SSSR count). The number of hydrogen-bond donors (Lipinski definition) is 3. The minimum atomic E-state index is -3.61. The molecule has 0 unspecified atom stereocenters. The molecule has 0 saturated heterocycles. The molecule has 0 spiro atoms. The SMILES string of the molecule is CCc1cc(C#CCN)ccc1NS(=O)(=O)NCCOC. The molecule has 0 aromatic heterocycles. The van der Waals surface area contributed by atoms with Crippen molar-refractivity contribution in [2.75, 3.05) is 31.5 Å². The molecule has 21 heavy (non-hydrogen) atoms. The Hall–Kier alpha value is -1.59. The van der Waals surface area contributed by atoms with Crippen molar-refractivity contribution >= 4 is 15.9 Å². The van der Waals surface area contributed by atoms with Gasteiger partial charge in [0.05, 0.1) is 18.8 Å². The highest BCUT2D eigenvalue weighted by molar-refractivity contribution is 7.90. The van der Waals surface area contributed by atoms with Gasteiger partial charge in [-0.3, -0.25) is 4.72 Å². The molecule has 0 aliphatic carbocycles. The maximum atomic E-state index is 11.9. The van der Waals surface area contributed by atoms with E-state index >= 15 is 0 Å². The van der Waals surface area contributed by atoms with Crippen LogP contribution in [-0.4, -0.2) is 35.2 Å². The van der Waals surface area contributed by atoms with Gasteiger partial charge in [0.1, 0.15) is 0 Å². The molecule has 0 fully saturated rings. The van der Waals surface area contributed by atoms with E-state index in [-0.39, 0.29) is 6.54 Å². The largest absolute Gasteiger partial charge is 0.383 e. The number of nitrogens with two attached hydrogens (primary N) is 1. The lowest BCUT2D eigenvalue weighted by Gasteiger charge is -2.12. The van der Waals surface area contributed by atoms with Gasteiger partial charge in [-0.15, -0.1) is 0 Å². The Balaban J connectivity index is 2.88. The Bertz CT molecular complexity index is 618. The fourth-order valence-corrected chi connectivity index (χ4v) is 2.59. The lowest BCUT2D eigenvalue weighted by atomic mass is 10.1. The summed E-state index contributed by atoms with van der Waals surface area (Å²) in [6.07, 6.45) is 0.689. The average molecular weight is 311 g/mol. The Morgan fingerprint density at radius 3 is 2.76 bits per heavy atom. The van der Waals surface area contributed by atoms with Crippen LogP contribution in [0.15, 0.2) is 18.2 Å². The highest BCUT2D eigenvalue weighted by atomic mass is 32.2. The van der Waals surface area contributed by atoms with E-state index in [1.54, 1.807) is 12.1 Å². The van der Waals surface area contributed by atoms with Gasteiger partial charge in [0.2, 0.25) is 0 Å². The number of anilines is 1. The summed E-state index contributed by atoms with van der Waals surface area (Å²) >= 11 is 0. The van der Waals surface area contributed by atoms with Gasteiger partial charge in [0, 0.05) is 19.2 Å². The first-order chi connectivity index (χ1) is 10.0. The van der Waals surface area contributed by atoms with Crippen LogP contribution in [0.1, 0.15) is 18.1 Å². The smallest absolute Gasteiger partial charge is 0.299 e. The summed E-state index contributed by atoms with van der Waals surface area (Å²) in [7, 11) is -2.09. The van der Waals surface area contributed by atoms with Crippen molar-refractivity contribution in [1.29, 1.82) is 0 Å². The minimum Gasteiger partial charge on any atom is -0.383 e. The molecule has 0 amide bonds. The van der Waals surface area contributed by atoms with Crippen molar-refractivity contribution in [3.8, 4) is 11.8 Å². The molecule has 0 bridgehead atoms. The first kappa shape index (κ1) is 17.5. The van der Waals surface area contributed by atoms with Gasteiger partial charge in [-0.2, -0.15) is 13.1 Å². The van der Waals surface area contributed by atoms with Crippen LogP contribution in [0.2, 0.25) is 0 Å². The van der Waals surface area contributed by atoms with Crippen molar-refractivity contribution in [2.45, 2.75) is 13.3 Å². The van der Waals surface area contributed by atoms with E-state index in [9.17, 15) is 8.42 Å². The van der Waals surface area contributed by atoms with Crippen molar-refractivity contribution in [3.63, 3.8) is 0 Å². The summed E-state index contributed by atoms with van der Waals surface area (Å²) in [4.78, 5) is 0. The number of ether oxygens (including phenoxy) is 1. The van der Waals surface area contributed by atoms with E-state index in [1.807, 2.05) is 13.0 Å². The molecule has 0 aliphatic heterocycles. The van der Waals surface area contributed by atoms with Gasteiger partial charge < -0.3 is 10.5 Å². The normalized spacial score (nSPS) is 10.8. The third-order valence-corrected chi connectivity index (χ3v) is 3.74. The lowest BCUT2D eigenvalue weighted by molar-refractivity contribution is 0.204. The van der Waals surface area contributed by atoms with E-state index in [0.29, 0.717) is 25.3 Å². The zero-order valence-corrected chi connectivity index (χ0v) is 13.1. The van der Waals surface area contributed by atoms with Crippen molar-refractivity contribution < 1.29 is 13.2 Å². The van der Waals surface area contributed by atoms with Crippen LogP contribution in [0.3, 0.4) is 0 Å². The topological polar surface area (TPSA) is 93.5 Å². The number of nitrogens with one attached hydrogen (secondary N) is 2. The van der Waals surface area contributed by atoms with Crippen LogP contribution in [0.4, 0.5) is 5.69 Å². The standard InChI is InChI=1S/C14H21N3O3S/c1-3-13-11-12(5-4-8-15)6-7-14(13)17-21(18,19)16-9-10-20-2/h6-7,11,16-17H,3,8-10,15H2,1-2H3. The summed E-state index contributed by atoms with van der Waals surface area (Å²) in [5, 5.41) is 0. The third-order valence-electron chi connectivity index (χ3n) is 2.66. The van der Waals surface area contributed by atoms with E-state index in [0.717, 1.165) is 11.1 Å². The van der Waals surface area contributed by atoms with Gasteiger partial charge in [-0.25, -0.2) is 0 Å². The van der Waals surface area contributed by atoms with Crippen LogP contribution in [0.25, 0.3) is 0 Å². The molecule has 0 atom stereocenters. The fourth-order valence-electron chi connectivity index (χ4n) is 1.68. The van der Waals surface area contributed by atoms with E-state index < -0.39 is 10.2 Å². The molecule has 0 saturated carbocycles. The van der Waals surface area contributed by atoms with E-state index in [2.05, 4.69) is 21.3 Å². The Labute approximate surface area is 126 Å². The molecular weight excluding hydrogens is 290 g/mol. The maximum Gasteiger partial charge on any atom is 0.299 e. The molecule has 4 N–H and O–H groups in total. The summed E-state index contributed by atoms with van der Waals surface area (Å²) < 4.78 is 33.5. The number of benzene rings is 1. The predicted molar refractivity (Wildman–Crippen MR) is 84.2 cm³/mol. The highest BCUT2D eigenvalue weighted by Crippen LogP contribution is 2.19. The first-order valence-electron chi connectivity index (χ1n) is 6.60. The monoisotopic (exact) mass is 311 g/mol. The summed E-state index contributed by atoms with van der Waals surface area (Å²) in [5.74, 6) is 5.70. The zero-order chi connectivity index (χ0) is 15.7. The summed E-state index contributed by atoms with van der Waals surface area (Å²) in [5.41, 5.74) is 7.56. The number of methoxy groups -OCH3 is 1. The molecule has 7 heteroatoms. The van der Waals surface area contributed by atoms with Gasteiger partial charge >= 0.3 is 0 Å². The van der Waals surface area contributed by atoms with E-state index in [4.69, 9.17) is 10.5 Å². The summed E-state index contributed by atoms with van der Waals surface area (Å²) in [6, 6.07) is 5.32. The van der Waals surface area contributed by atoms with Gasteiger partial charge in [0.25, 0.3) is 10.2 Å². The average Bonchev–Trinajstić information content (AvgIpc) is 2.46. The van der Waals surface area contributed by atoms with Gasteiger partial charge in [0.15, 0.2) is 0 Å². The molecule has 1 aromatic rings. The number of rotatable bonds is 7. The Morgan fingerprint density at radius 1 is 1.38 bits per heavy atom. The van der Waals surface area contributed by atoms with Crippen molar-refractivity contribution in [3.05, 3.63) is 29.3 Å². The Morgan fingerprint density at radius 2 is 2.14 bits per heavy atom. The van der Waals surface area contributed by atoms with Crippen LogP contribution < -0.4 is 15.2 Å². The molecular formula is C14H21N3O3S. The lowest BCUT2D eigenvalue weighted by Crippen LogP contribution is -2.32. The second kappa shape index (κ2) is 8.64. The second-order valence-electron chi connectivity index (χ2n) is 4.22. The van der Waals surface area contributed by atoms with Crippen molar-refractivity contribution in [1.82, 2.24) is 4.72 Å². The summed E-state index contributed by atoms with van der Waals surface area (Å²) in [6.45, 7) is 2.77. The van der Waals surface area contributed by atoms with Crippen molar-refractivity contribution in [2.24, 2.45) is 5.73 Å². The second-order valence-corrected chi connectivity index (χ2v) is 5.72. The van der Waals surface area contributed by atoms with Crippen LogP contribution >= 0.6 is 0 Å². The number of hydrogen-bond acceptors (Lipinski definition) is 4. The first-order valence-corrected chi connectivity index (χ1v) is 8.09. The molecule has 0 aliphatic rings. The highest BCUT2D eigenvalue weighted by Gasteiger charge is 2.11. The fraction of sp³-hybridized carbons (Fsp3) is 0.429. The molecule has 0 radical (unpaired) electrons. The van der Waals surface area contributed by atoms with Crippen LogP contribution in [0, 0.1) is 11.8 Å². The van der Waals surface area contributed by atoms with E-state index in [1.165, 1.54) is 7.11 Å².